The molecular weight excluding hydrogens is 318 g/mol. The lowest BCUT2D eigenvalue weighted by molar-refractivity contribution is 0.403. The van der Waals surface area contributed by atoms with Crippen LogP contribution in [-0.4, -0.2) is 45.7 Å². The summed E-state index contributed by atoms with van der Waals surface area (Å²) >= 11 is 0. The second kappa shape index (κ2) is 5.72. The van der Waals surface area contributed by atoms with E-state index in [2.05, 4.69) is 15.2 Å². The van der Waals surface area contributed by atoms with Gasteiger partial charge in [-0.15, -0.1) is 0 Å². The van der Waals surface area contributed by atoms with Crippen molar-refractivity contribution in [3.63, 3.8) is 0 Å². The Kier molecular flexibility index (Phi) is 4.01. The van der Waals surface area contributed by atoms with Crippen LogP contribution in [0.4, 0.5) is 0 Å². The van der Waals surface area contributed by atoms with Gasteiger partial charge in [-0.25, -0.2) is 8.42 Å². The molecule has 2 aromatic heterocycles. The van der Waals surface area contributed by atoms with Crippen molar-refractivity contribution in [2.24, 2.45) is 0 Å². The molecule has 0 N–H and O–H groups in total. The molecule has 126 valence electrons. The molecule has 0 aromatic carbocycles. The van der Waals surface area contributed by atoms with Crippen molar-refractivity contribution >= 4 is 10.0 Å². The molecule has 1 atom stereocenters. The molecule has 23 heavy (non-hydrogen) atoms. The van der Waals surface area contributed by atoms with Crippen LogP contribution in [0.5, 0.6) is 0 Å². The average molecular weight is 339 g/mol. The largest absolute Gasteiger partial charge is 0.343 e. The topological polar surface area (TPSA) is 94.1 Å². The van der Waals surface area contributed by atoms with E-state index in [9.17, 15) is 8.42 Å². The van der Waals surface area contributed by atoms with Crippen LogP contribution >= 0.6 is 0 Å². The van der Waals surface area contributed by atoms with Crippen LogP contribution < -0.4 is 0 Å². The molecule has 8 nitrogen and oxygen atoms in total. The third-order valence-electron chi connectivity index (χ3n) is 4.24. The van der Waals surface area contributed by atoms with Crippen LogP contribution in [0.1, 0.15) is 49.4 Å². The maximum absolute atomic E-state index is 13.0. The Bertz CT molecular complexity index is 795. The molecule has 1 aliphatic heterocycles. The fraction of sp³-hybridized carbons (Fsp3) is 0.643. The first-order valence-electron chi connectivity index (χ1n) is 7.64. The summed E-state index contributed by atoms with van der Waals surface area (Å²) in [6.45, 7) is 8.34. The van der Waals surface area contributed by atoms with Gasteiger partial charge >= 0.3 is 0 Å². The van der Waals surface area contributed by atoms with E-state index in [0.29, 0.717) is 41.6 Å². The van der Waals surface area contributed by atoms with E-state index < -0.39 is 10.0 Å². The molecule has 2 aromatic rings. The van der Waals surface area contributed by atoms with E-state index in [1.165, 1.54) is 10.7 Å². The maximum Gasteiger partial charge on any atom is 0.246 e. The molecule has 0 saturated carbocycles. The number of aromatic nitrogens is 4. The summed E-state index contributed by atoms with van der Waals surface area (Å²) in [7, 11) is -3.57. The smallest absolute Gasteiger partial charge is 0.246 e. The predicted octanol–water partition coefficient (Wildman–Crippen LogP) is 1.64. The average Bonchev–Trinajstić information content (AvgIpc) is 3.16. The molecule has 1 saturated heterocycles. The van der Waals surface area contributed by atoms with E-state index in [-0.39, 0.29) is 12.0 Å². The Hall–Kier alpha value is -1.74. The lowest BCUT2D eigenvalue weighted by Gasteiger charge is -2.17. The van der Waals surface area contributed by atoms with Crippen molar-refractivity contribution in [3.8, 4) is 0 Å². The van der Waals surface area contributed by atoms with Gasteiger partial charge in [0.25, 0.3) is 0 Å². The number of aryl methyl sites for hydroxylation is 1. The zero-order valence-corrected chi connectivity index (χ0v) is 14.5. The summed E-state index contributed by atoms with van der Waals surface area (Å²) in [5.41, 5.74) is 1.22. The van der Waals surface area contributed by atoms with Gasteiger partial charge in [0.1, 0.15) is 4.90 Å². The minimum atomic E-state index is -3.57. The van der Waals surface area contributed by atoms with Crippen LogP contribution in [0.2, 0.25) is 0 Å². The first kappa shape index (κ1) is 16.1. The normalized spacial score (nSPS) is 19.8. The van der Waals surface area contributed by atoms with Gasteiger partial charge in [-0.05, 0) is 34.1 Å². The second-order valence-corrected chi connectivity index (χ2v) is 8.05. The van der Waals surface area contributed by atoms with Crippen LogP contribution in [0.25, 0.3) is 0 Å². The summed E-state index contributed by atoms with van der Waals surface area (Å²) in [6, 6.07) is 0.114. The van der Waals surface area contributed by atoms with E-state index in [1.54, 1.807) is 18.5 Å². The lowest BCUT2D eigenvalue weighted by Crippen LogP contribution is -2.29. The number of sulfonamides is 1. The number of nitrogens with zero attached hydrogens (tertiary/aromatic N) is 5. The Labute approximate surface area is 135 Å². The quantitative estimate of drug-likeness (QED) is 0.840. The minimum absolute atomic E-state index is 0.0238. The van der Waals surface area contributed by atoms with Gasteiger partial charge in [-0.1, -0.05) is 5.16 Å². The molecule has 3 heterocycles. The van der Waals surface area contributed by atoms with Crippen molar-refractivity contribution < 1.29 is 12.9 Å². The number of hydrogen-bond acceptors (Lipinski definition) is 6. The minimum Gasteiger partial charge on any atom is -0.343 e. The molecule has 9 heteroatoms. The van der Waals surface area contributed by atoms with Crippen molar-refractivity contribution in [1.29, 1.82) is 0 Å². The van der Waals surface area contributed by atoms with Gasteiger partial charge in [0.05, 0.1) is 11.4 Å². The molecule has 3 rings (SSSR count). The Morgan fingerprint density at radius 3 is 2.65 bits per heavy atom. The molecule has 0 spiro atoms. The highest BCUT2D eigenvalue weighted by Gasteiger charge is 2.38. The van der Waals surface area contributed by atoms with E-state index in [0.717, 1.165) is 0 Å². The fourth-order valence-electron chi connectivity index (χ4n) is 3.17. The molecule has 0 aliphatic carbocycles. The summed E-state index contributed by atoms with van der Waals surface area (Å²) < 4.78 is 34.1. The molecule has 0 amide bonds. The number of rotatable bonds is 4. The van der Waals surface area contributed by atoms with E-state index in [1.807, 2.05) is 13.8 Å². The van der Waals surface area contributed by atoms with Gasteiger partial charge in [0.15, 0.2) is 5.82 Å². The van der Waals surface area contributed by atoms with Crippen LogP contribution in [-0.2, 0) is 10.0 Å². The molecular formula is C14H21N5O3S. The van der Waals surface area contributed by atoms with Crippen LogP contribution in [0.3, 0.4) is 0 Å². The van der Waals surface area contributed by atoms with Crippen LogP contribution in [0, 0.1) is 13.8 Å². The fourth-order valence-corrected chi connectivity index (χ4v) is 5.03. The third-order valence-corrected chi connectivity index (χ3v) is 6.36. The molecule has 1 aliphatic rings. The Morgan fingerprint density at radius 2 is 2.09 bits per heavy atom. The van der Waals surface area contributed by atoms with E-state index in [4.69, 9.17) is 4.52 Å². The van der Waals surface area contributed by atoms with Crippen molar-refractivity contribution in [3.05, 3.63) is 23.6 Å². The molecule has 0 radical (unpaired) electrons. The predicted molar refractivity (Wildman–Crippen MR) is 82.5 cm³/mol. The Balaban J connectivity index is 1.91. The van der Waals surface area contributed by atoms with Gasteiger partial charge < -0.3 is 4.52 Å². The number of hydrogen-bond donors (Lipinski definition) is 0. The van der Waals surface area contributed by atoms with Gasteiger partial charge in [-0.2, -0.15) is 14.4 Å². The van der Waals surface area contributed by atoms with Crippen molar-refractivity contribution in [1.82, 2.24) is 24.2 Å². The first-order valence-corrected chi connectivity index (χ1v) is 9.08. The zero-order valence-electron chi connectivity index (χ0n) is 13.7. The van der Waals surface area contributed by atoms with Gasteiger partial charge in [0.2, 0.25) is 16.4 Å². The van der Waals surface area contributed by atoms with Crippen LogP contribution in [0.15, 0.2) is 15.8 Å². The monoisotopic (exact) mass is 339 g/mol. The Morgan fingerprint density at radius 1 is 1.35 bits per heavy atom. The summed E-state index contributed by atoms with van der Waals surface area (Å²) in [5.74, 6) is 0.540. The van der Waals surface area contributed by atoms with E-state index >= 15 is 0 Å². The SMILES string of the molecule is Cc1nn(C(C)C)c(C)c1S(=O)(=O)N1CC[C@H](c2ncon2)C1. The molecule has 0 unspecified atom stereocenters. The summed E-state index contributed by atoms with van der Waals surface area (Å²) in [5, 5.41) is 8.21. The molecule has 1 fully saturated rings. The van der Waals surface area contributed by atoms with Gasteiger partial charge in [0, 0.05) is 25.0 Å². The standard InChI is InChI=1S/C14H21N5O3S/c1-9(2)19-11(4)13(10(3)16-19)23(20,21)18-6-5-12(7-18)14-15-8-22-17-14/h8-9,12H,5-7H2,1-4H3/t12-/m0/s1. The van der Waals surface area contributed by atoms with Crippen molar-refractivity contribution in [2.45, 2.75) is 51.0 Å². The highest BCUT2D eigenvalue weighted by molar-refractivity contribution is 7.89. The summed E-state index contributed by atoms with van der Waals surface area (Å²) in [6.07, 6.45) is 1.96. The lowest BCUT2D eigenvalue weighted by atomic mass is 10.1. The third kappa shape index (κ3) is 2.67. The highest BCUT2D eigenvalue weighted by atomic mass is 32.2. The van der Waals surface area contributed by atoms with Crippen molar-refractivity contribution in [2.75, 3.05) is 13.1 Å². The van der Waals surface area contributed by atoms with Gasteiger partial charge in [-0.3, -0.25) is 4.68 Å². The first-order chi connectivity index (χ1) is 10.8. The highest BCUT2D eigenvalue weighted by Crippen LogP contribution is 2.32. The second-order valence-electron chi connectivity index (χ2n) is 6.18. The summed E-state index contributed by atoms with van der Waals surface area (Å²) in [4.78, 5) is 4.35. The maximum atomic E-state index is 13.0. The zero-order chi connectivity index (χ0) is 16.8. The molecule has 0 bridgehead atoms.